The number of unbranched alkanes of at least 4 members (excludes halogenated alkanes) is 15. The summed E-state index contributed by atoms with van der Waals surface area (Å²) in [5.74, 6) is 0. The highest BCUT2D eigenvalue weighted by Crippen LogP contribution is 2.13. The molecule has 0 heterocycles. The normalized spacial score (nSPS) is 11.1. The van der Waals surface area contributed by atoms with Gasteiger partial charge < -0.3 is 14.2 Å². The van der Waals surface area contributed by atoms with E-state index in [1.807, 2.05) is 0 Å². The van der Waals surface area contributed by atoms with Crippen molar-refractivity contribution in [2.45, 2.75) is 122 Å². The molecule has 0 aromatic heterocycles. The molecule has 0 saturated carbocycles. The Kier molecular flexibility index (Phi) is 29.9. The van der Waals surface area contributed by atoms with Crippen LogP contribution in [0.2, 0.25) is 6.04 Å². The van der Waals surface area contributed by atoms with Crippen LogP contribution < -0.4 is 5.32 Å². The molecule has 0 spiro atoms. The molecule has 0 bridgehead atoms. The monoisotopic (exact) mass is 437 g/mol. The quantitative estimate of drug-likeness (QED) is 0.136. The molecule has 0 atom stereocenters. The minimum absolute atomic E-state index is 0. The fourth-order valence-corrected chi connectivity index (χ4v) is 4.85. The highest BCUT2D eigenvalue weighted by Gasteiger charge is 2.07. The highest BCUT2D eigenvalue weighted by atomic mass is 35.5. The Labute approximate surface area is 185 Å². The Bertz CT molecular complexity index is 269. The second-order valence-electron chi connectivity index (χ2n) is 8.10. The van der Waals surface area contributed by atoms with E-state index in [4.69, 9.17) is 8.85 Å². The van der Waals surface area contributed by atoms with Gasteiger partial charge in [0.25, 0.3) is 0 Å². The molecule has 0 rings (SSSR count). The summed E-state index contributed by atoms with van der Waals surface area (Å²) < 4.78 is 10.7. The van der Waals surface area contributed by atoms with Crippen LogP contribution in [0.3, 0.4) is 0 Å². The van der Waals surface area contributed by atoms with Gasteiger partial charge >= 0.3 is 9.28 Å². The summed E-state index contributed by atoms with van der Waals surface area (Å²) in [4.78, 5) is 0. The molecule has 0 amide bonds. The lowest BCUT2D eigenvalue weighted by atomic mass is 10.0. The predicted octanol–water partition coefficient (Wildman–Crippen LogP) is 7.16. The summed E-state index contributed by atoms with van der Waals surface area (Å²) >= 11 is 0. The minimum Gasteiger partial charge on any atom is -0.400 e. The molecule has 5 heteroatoms. The first-order valence-electron chi connectivity index (χ1n) is 12.1. The molecular formula is C23H52ClNO2Si. The third-order valence-electron chi connectivity index (χ3n) is 5.53. The van der Waals surface area contributed by atoms with Crippen molar-refractivity contribution in [1.29, 1.82) is 0 Å². The van der Waals surface area contributed by atoms with Crippen molar-refractivity contribution in [3.05, 3.63) is 0 Å². The van der Waals surface area contributed by atoms with E-state index < -0.39 is 9.28 Å². The number of rotatable bonds is 23. The van der Waals surface area contributed by atoms with Crippen LogP contribution in [0, 0.1) is 0 Å². The largest absolute Gasteiger partial charge is 0.400 e. The third kappa shape index (κ3) is 24.4. The molecule has 172 valence electrons. The van der Waals surface area contributed by atoms with Crippen molar-refractivity contribution in [3.63, 3.8) is 0 Å². The van der Waals surface area contributed by atoms with E-state index in [1.54, 1.807) is 14.2 Å². The van der Waals surface area contributed by atoms with Crippen LogP contribution in [0.25, 0.3) is 0 Å². The van der Waals surface area contributed by atoms with Crippen LogP contribution in [0.5, 0.6) is 0 Å². The lowest BCUT2D eigenvalue weighted by Crippen LogP contribution is -2.22. The molecule has 0 aliphatic carbocycles. The van der Waals surface area contributed by atoms with Crippen molar-refractivity contribution >= 4 is 21.7 Å². The molecule has 1 N–H and O–H groups in total. The van der Waals surface area contributed by atoms with Crippen LogP contribution in [0.15, 0.2) is 0 Å². The van der Waals surface area contributed by atoms with Crippen molar-refractivity contribution < 1.29 is 8.85 Å². The van der Waals surface area contributed by atoms with Gasteiger partial charge in [0.1, 0.15) is 0 Å². The average Bonchev–Trinajstić information content (AvgIpc) is 2.69. The number of hydrogen-bond donors (Lipinski definition) is 1. The maximum atomic E-state index is 5.33. The summed E-state index contributed by atoms with van der Waals surface area (Å²) in [6.07, 6.45) is 24.2. The van der Waals surface area contributed by atoms with Gasteiger partial charge in [0.15, 0.2) is 0 Å². The van der Waals surface area contributed by atoms with E-state index in [0.717, 1.165) is 12.6 Å². The zero-order valence-electron chi connectivity index (χ0n) is 19.4. The van der Waals surface area contributed by atoms with Crippen molar-refractivity contribution in [2.24, 2.45) is 0 Å². The number of halogens is 1. The van der Waals surface area contributed by atoms with Crippen LogP contribution >= 0.6 is 12.4 Å². The fraction of sp³-hybridized carbons (Fsp3) is 1.00. The van der Waals surface area contributed by atoms with Gasteiger partial charge in [0, 0.05) is 14.2 Å². The van der Waals surface area contributed by atoms with Crippen LogP contribution in [0.1, 0.15) is 116 Å². The predicted molar refractivity (Wildman–Crippen MR) is 130 cm³/mol. The summed E-state index contributed by atoms with van der Waals surface area (Å²) in [6, 6.07) is 1.11. The zero-order chi connectivity index (χ0) is 19.8. The summed E-state index contributed by atoms with van der Waals surface area (Å²) in [5, 5.41) is 3.55. The van der Waals surface area contributed by atoms with E-state index in [0.29, 0.717) is 0 Å². The van der Waals surface area contributed by atoms with Gasteiger partial charge in [0.2, 0.25) is 0 Å². The lowest BCUT2D eigenvalue weighted by Gasteiger charge is -2.10. The Balaban J connectivity index is 0. The van der Waals surface area contributed by atoms with Gasteiger partial charge in [-0.1, -0.05) is 103 Å². The minimum atomic E-state index is -1.33. The van der Waals surface area contributed by atoms with Gasteiger partial charge in [-0.2, -0.15) is 0 Å². The molecule has 0 unspecified atom stereocenters. The van der Waals surface area contributed by atoms with Crippen molar-refractivity contribution in [3.8, 4) is 0 Å². The summed E-state index contributed by atoms with van der Waals surface area (Å²) in [6.45, 7) is 4.57. The standard InChI is InChI=1S/C23H51NO2Si.ClH/c1-4-5-6-7-8-9-10-11-12-13-14-15-16-17-18-19-21-24-22-20-23-27(25-2)26-3;/h24,27H,4-23H2,1-3H3;1H. The van der Waals surface area contributed by atoms with Gasteiger partial charge in [-0.25, -0.2) is 0 Å². The third-order valence-corrected chi connectivity index (χ3v) is 7.46. The maximum Gasteiger partial charge on any atom is 0.320 e. The molecular weight excluding hydrogens is 386 g/mol. The molecule has 0 radical (unpaired) electrons. The number of hydrogen-bond acceptors (Lipinski definition) is 3. The van der Waals surface area contributed by atoms with Gasteiger partial charge in [0.05, 0.1) is 0 Å². The molecule has 0 fully saturated rings. The van der Waals surface area contributed by atoms with Gasteiger partial charge in [-0.15, -0.1) is 12.4 Å². The summed E-state index contributed by atoms with van der Waals surface area (Å²) in [5.41, 5.74) is 0. The highest BCUT2D eigenvalue weighted by molar-refractivity contribution is 6.44. The second-order valence-corrected chi connectivity index (χ2v) is 10.5. The van der Waals surface area contributed by atoms with Gasteiger partial charge in [-0.3, -0.25) is 0 Å². The number of nitrogens with one attached hydrogen (secondary N) is 1. The van der Waals surface area contributed by atoms with Crippen LogP contribution in [-0.4, -0.2) is 36.6 Å². The van der Waals surface area contributed by atoms with Gasteiger partial charge in [-0.05, 0) is 32.0 Å². The molecule has 0 aliphatic heterocycles. The van der Waals surface area contributed by atoms with E-state index in [2.05, 4.69) is 12.2 Å². The van der Waals surface area contributed by atoms with E-state index in [-0.39, 0.29) is 12.4 Å². The first-order valence-corrected chi connectivity index (χ1v) is 13.9. The maximum absolute atomic E-state index is 5.33. The molecule has 28 heavy (non-hydrogen) atoms. The zero-order valence-corrected chi connectivity index (χ0v) is 21.4. The van der Waals surface area contributed by atoms with E-state index in [9.17, 15) is 0 Å². The Morgan fingerprint density at radius 1 is 0.536 bits per heavy atom. The Morgan fingerprint density at radius 3 is 1.29 bits per heavy atom. The molecule has 3 nitrogen and oxygen atoms in total. The lowest BCUT2D eigenvalue weighted by molar-refractivity contribution is 0.276. The fourth-order valence-electron chi connectivity index (χ4n) is 3.65. The smallest absolute Gasteiger partial charge is 0.320 e. The SMILES string of the molecule is CCCCCCCCCCCCCCCCCCNCCC[SiH](OC)OC.Cl. The van der Waals surface area contributed by atoms with Crippen LogP contribution in [0.4, 0.5) is 0 Å². The van der Waals surface area contributed by atoms with Crippen LogP contribution in [-0.2, 0) is 8.85 Å². The van der Waals surface area contributed by atoms with Crippen molar-refractivity contribution in [2.75, 3.05) is 27.3 Å². The van der Waals surface area contributed by atoms with Crippen molar-refractivity contribution in [1.82, 2.24) is 5.32 Å². The molecule has 0 aromatic carbocycles. The molecule has 0 aliphatic rings. The Morgan fingerprint density at radius 2 is 0.893 bits per heavy atom. The second kappa shape index (κ2) is 27.4. The molecule has 0 saturated heterocycles. The first kappa shape index (κ1) is 30.6. The van der Waals surface area contributed by atoms with E-state index in [1.165, 1.54) is 116 Å². The molecule has 0 aromatic rings. The average molecular weight is 438 g/mol. The Hall–Kier alpha value is 0.387. The first-order chi connectivity index (χ1) is 13.3. The topological polar surface area (TPSA) is 30.5 Å². The van der Waals surface area contributed by atoms with E-state index >= 15 is 0 Å². The summed E-state index contributed by atoms with van der Waals surface area (Å²) in [7, 11) is 2.21.